The van der Waals surface area contributed by atoms with Gasteiger partial charge in [-0.05, 0) is 23.8 Å². The smallest absolute Gasteiger partial charge is 0.294 e. The number of aromatic nitrogens is 2. The Bertz CT molecular complexity index is 1320. The molecular formula is C23H21ClN4O3. The third-order valence-corrected chi connectivity index (χ3v) is 6.05. The lowest BCUT2D eigenvalue weighted by Crippen LogP contribution is -2.49. The van der Waals surface area contributed by atoms with Crippen LogP contribution in [0.15, 0.2) is 57.7 Å². The molecule has 1 fully saturated rings. The van der Waals surface area contributed by atoms with Crippen molar-refractivity contribution in [1.29, 1.82) is 0 Å². The molecule has 5 rings (SSSR count). The minimum absolute atomic E-state index is 0.0746. The molecule has 0 atom stereocenters. The summed E-state index contributed by atoms with van der Waals surface area (Å²) in [5.74, 6) is 0.672. The molecule has 2 aromatic carbocycles. The Morgan fingerprint density at radius 3 is 2.61 bits per heavy atom. The number of nitrogens with zero attached hydrogens (tertiary/aromatic N) is 3. The maximum absolute atomic E-state index is 12.6. The first-order valence-corrected chi connectivity index (χ1v) is 10.6. The van der Waals surface area contributed by atoms with Crippen LogP contribution in [0.25, 0.3) is 22.1 Å². The second kappa shape index (κ2) is 8.17. The lowest BCUT2D eigenvalue weighted by molar-refractivity contribution is -0.132. The number of piperazine rings is 1. The SMILES string of the molecule is O=C(Cc1ccccc1Cl)N1CCN(Cc2nc3c(oc4ccccc43)c(=O)[nH]2)CC1. The van der Waals surface area contributed by atoms with Crippen LogP contribution in [0.3, 0.4) is 0 Å². The third-order valence-electron chi connectivity index (χ3n) is 5.68. The van der Waals surface area contributed by atoms with Gasteiger partial charge in [-0.3, -0.25) is 14.5 Å². The normalized spacial score (nSPS) is 15.1. The zero-order valence-corrected chi connectivity index (χ0v) is 17.6. The van der Waals surface area contributed by atoms with Crippen molar-refractivity contribution in [1.82, 2.24) is 19.8 Å². The van der Waals surface area contributed by atoms with E-state index < -0.39 is 0 Å². The Balaban J connectivity index is 1.26. The maximum Gasteiger partial charge on any atom is 0.294 e. The summed E-state index contributed by atoms with van der Waals surface area (Å²) in [6.45, 7) is 3.19. The fourth-order valence-electron chi connectivity index (χ4n) is 4.01. The molecule has 2 aromatic heterocycles. The average molecular weight is 437 g/mol. The molecule has 7 nitrogen and oxygen atoms in total. The van der Waals surface area contributed by atoms with E-state index in [1.807, 2.05) is 47.4 Å². The number of H-pyrrole nitrogens is 1. The van der Waals surface area contributed by atoms with Crippen LogP contribution in [0.5, 0.6) is 0 Å². The van der Waals surface area contributed by atoms with E-state index in [0.717, 1.165) is 10.9 Å². The van der Waals surface area contributed by atoms with Gasteiger partial charge >= 0.3 is 0 Å². The summed E-state index contributed by atoms with van der Waals surface area (Å²) in [4.78, 5) is 36.7. The van der Waals surface area contributed by atoms with Gasteiger partial charge in [0.1, 0.15) is 16.9 Å². The highest BCUT2D eigenvalue weighted by molar-refractivity contribution is 6.31. The van der Waals surface area contributed by atoms with Crippen LogP contribution in [0.2, 0.25) is 5.02 Å². The number of nitrogens with one attached hydrogen (secondary N) is 1. The lowest BCUT2D eigenvalue weighted by atomic mass is 10.1. The third kappa shape index (κ3) is 3.94. The highest BCUT2D eigenvalue weighted by Gasteiger charge is 2.23. The number of carbonyl (C=O) groups excluding carboxylic acids is 1. The first-order chi connectivity index (χ1) is 15.1. The molecule has 1 saturated heterocycles. The first kappa shape index (κ1) is 19.8. The molecule has 31 heavy (non-hydrogen) atoms. The van der Waals surface area contributed by atoms with E-state index in [2.05, 4.69) is 14.9 Å². The number of amides is 1. The molecule has 0 radical (unpaired) electrons. The number of hydrogen-bond donors (Lipinski definition) is 1. The molecule has 158 valence electrons. The summed E-state index contributed by atoms with van der Waals surface area (Å²) in [6.07, 6.45) is 0.304. The van der Waals surface area contributed by atoms with Gasteiger partial charge in [-0.2, -0.15) is 0 Å². The molecule has 0 saturated carbocycles. The van der Waals surface area contributed by atoms with Crippen molar-refractivity contribution in [2.75, 3.05) is 26.2 Å². The lowest BCUT2D eigenvalue weighted by Gasteiger charge is -2.34. The maximum atomic E-state index is 12.6. The van der Waals surface area contributed by atoms with Gasteiger partial charge in [-0.25, -0.2) is 4.98 Å². The average Bonchev–Trinajstić information content (AvgIpc) is 3.15. The monoisotopic (exact) mass is 436 g/mol. The van der Waals surface area contributed by atoms with E-state index in [4.69, 9.17) is 16.0 Å². The minimum Gasteiger partial charge on any atom is -0.449 e. The Labute approximate surface area is 183 Å². The van der Waals surface area contributed by atoms with Crippen molar-refractivity contribution in [3.05, 3.63) is 75.3 Å². The van der Waals surface area contributed by atoms with Crippen molar-refractivity contribution in [2.45, 2.75) is 13.0 Å². The fourth-order valence-corrected chi connectivity index (χ4v) is 4.21. The van der Waals surface area contributed by atoms with E-state index >= 15 is 0 Å². The molecule has 0 bridgehead atoms. The number of benzene rings is 2. The summed E-state index contributed by atoms with van der Waals surface area (Å²) in [5, 5.41) is 1.45. The highest BCUT2D eigenvalue weighted by atomic mass is 35.5. The predicted octanol–water partition coefficient (Wildman–Crippen LogP) is 3.21. The summed E-state index contributed by atoms with van der Waals surface area (Å²) in [6, 6.07) is 14.9. The molecule has 0 unspecified atom stereocenters. The minimum atomic E-state index is -0.273. The molecular weight excluding hydrogens is 416 g/mol. The van der Waals surface area contributed by atoms with Gasteiger partial charge in [-0.1, -0.05) is 41.9 Å². The number of halogens is 1. The summed E-state index contributed by atoms with van der Waals surface area (Å²) >= 11 is 6.18. The van der Waals surface area contributed by atoms with E-state index in [1.54, 1.807) is 6.07 Å². The summed E-state index contributed by atoms with van der Waals surface area (Å²) < 4.78 is 5.65. The molecule has 0 spiro atoms. The molecule has 1 aliphatic heterocycles. The van der Waals surface area contributed by atoms with E-state index in [9.17, 15) is 9.59 Å². The van der Waals surface area contributed by atoms with Crippen LogP contribution in [0, 0.1) is 0 Å². The van der Waals surface area contributed by atoms with Gasteiger partial charge in [0.15, 0.2) is 0 Å². The van der Waals surface area contributed by atoms with Crippen molar-refractivity contribution in [2.24, 2.45) is 0 Å². The summed E-state index contributed by atoms with van der Waals surface area (Å²) in [5.41, 5.74) is 2.06. The number of furan rings is 1. The zero-order valence-electron chi connectivity index (χ0n) is 16.8. The van der Waals surface area contributed by atoms with Crippen LogP contribution in [-0.2, 0) is 17.8 Å². The van der Waals surface area contributed by atoms with Crippen molar-refractivity contribution < 1.29 is 9.21 Å². The molecule has 1 aliphatic rings. The Hall–Kier alpha value is -3.16. The second-order valence-corrected chi connectivity index (χ2v) is 8.12. The van der Waals surface area contributed by atoms with Gasteiger partial charge in [0.2, 0.25) is 11.5 Å². The van der Waals surface area contributed by atoms with E-state index in [-0.39, 0.29) is 17.0 Å². The highest BCUT2D eigenvalue weighted by Crippen LogP contribution is 2.24. The molecule has 1 amide bonds. The molecule has 0 aliphatic carbocycles. The van der Waals surface area contributed by atoms with Crippen molar-refractivity contribution in [3.63, 3.8) is 0 Å². The number of hydrogen-bond acceptors (Lipinski definition) is 5. The number of aromatic amines is 1. The van der Waals surface area contributed by atoms with Crippen LogP contribution < -0.4 is 5.56 Å². The van der Waals surface area contributed by atoms with E-state index in [0.29, 0.717) is 61.1 Å². The Morgan fingerprint density at radius 1 is 1.06 bits per heavy atom. The quantitative estimate of drug-likeness (QED) is 0.531. The molecule has 3 heterocycles. The van der Waals surface area contributed by atoms with Gasteiger partial charge in [0, 0.05) is 36.6 Å². The number of carbonyl (C=O) groups is 1. The topological polar surface area (TPSA) is 82.4 Å². The standard InChI is InChI=1S/C23H21ClN4O3/c24-17-7-3-1-5-15(17)13-20(29)28-11-9-27(10-12-28)14-19-25-21-16-6-2-4-8-18(16)31-22(21)23(30)26-19/h1-8H,9-14H2,(H,25,26,30). The van der Waals surface area contributed by atoms with E-state index in [1.165, 1.54) is 0 Å². The first-order valence-electron chi connectivity index (χ1n) is 10.2. The van der Waals surface area contributed by atoms with Crippen LogP contribution in [0.1, 0.15) is 11.4 Å². The Kier molecular flexibility index (Phi) is 5.21. The van der Waals surface area contributed by atoms with Gasteiger partial charge in [0.05, 0.1) is 13.0 Å². The van der Waals surface area contributed by atoms with Crippen molar-refractivity contribution >= 4 is 39.6 Å². The fraction of sp³-hybridized carbons (Fsp3) is 0.261. The molecule has 8 heteroatoms. The predicted molar refractivity (Wildman–Crippen MR) is 119 cm³/mol. The summed E-state index contributed by atoms with van der Waals surface area (Å²) in [7, 11) is 0. The van der Waals surface area contributed by atoms with Crippen LogP contribution in [-0.4, -0.2) is 51.9 Å². The van der Waals surface area contributed by atoms with Gasteiger partial charge in [-0.15, -0.1) is 0 Å². The number of fused-ring (bicyclic) bond motifs is 3. The molecule has 1 N–H and O–H groups in total. The van der Waals surface area contributed by atoms with Crippen molar-refractivity contribution in [3.8, 4) is 0 Å². The Morgan fingerprint density at radius 2 is 1.81 bits per heavy atom. The van der Waals surface area contributed by atoms with Crippen LogP contribution >= 0.6 is 11.6 Å². The number of para-hydroxylation sites is 1. The van der Waals surface area contributed by atoms with Gasteiger partial charge < -0.3 is 14.3 Å². The second-order valence-electron chi connectivity index (χ2n) is 7.71. The van der Waals surface area contributed by atoms with Crippen LogP contribution in [0.4, 0.5) is 0 Å². The largest absolute Gasteiger partial charge is 0.449 e. The number of rotatable bonds is 4. The zero-order chi connectivity index (χ0) is 21.4. The molecule has 4 aromatic rings. The van der Waals surface area contributed by atoms with Gasteiger partial charge in [0.25, 0.3) is 5.56 Å².